The molecule has 9 heteroatoms. The lowest BCUT2D eigenvalue weighted by Gasteiger charge is -2.16. The number of anilines is 1. The second kappa shape index (κ2) is 10.1. The van der Waals surface area contributed by atoms with E-state index in [9.17, 15) is 4.79 Å². The predicted molar refractivity (Wildman–Crippen MR) is 131 cm³/mol. The summed E-state index contributed by atoms with van der Waals surface area (Å²) in [6.07, 6.45) is 3.41. The van der Waals surface area contributed by atoms with E-state index in [1.807, 2.05) is 60.9 Å². The van der Waals surface area contributed by atoms with Crippen LogP contribution in [-0.2, 0) is 4.79 Å². The van der Waals surface area contributed by atoms with Gasteiger partial charge in [-0.1, -0.05) is 41.6 Å². The molecule has 0 bridgehead atoms. The topological polar surface area (TPSA) is 81.9 Å². The van der Waals surface area contributed by atoms with E-state index in [0.29, 0.717) is 27.4 Å². The third-order valence-electron chi connectivity index (χ3n) is 5.07. The van der Waals surface area contributed by atoms with Crippen LogP contribution in [0.2, 0.25) is 5.02 Å². The van der Waals surface area contributed by atoms with Crippen molar-refractivity contribution in [2.24, 2.45) is 0 Å². The first-order chi connectivity index (χ1) is 16.0. The molecule has 0 aliphatic carbocycles. The summed E-state index contributed by atoms with van der Waals surface area (Å²) in [6.45, 7) is 3.77. The van der Waals surface area contributed by atoms with Crippen LogP contribution in [0.15, 0.2) is 72.1 Å². The van der Waals surface area contributed by atoms with E-state index < -0.39 is 5.25 Å². The molecule has 168 valence electrons. The molecule has 1 N–H and O–H groups in total. The number of amides is 1. The van der Waals surface area contributed by atoms with E-state index in [2.05, 4.69) is 20.5 Å². The molecular formula is C24H22ClN5O2S. The first-order valence-electron chi connectivity index (χ1n) is 10.2. The quantitative estimate of drug-likeness (QED) is 0.356. The van der Waals surface area contributed by atoms with Gasteiger partial charge >= 0.3 is 0 Å². The Balaban J connectivity index is 1.68. The molecule has 0 saturated carbocycles. The van der Waals surface area contributed by atoms with Crippen molar-refractivity contribution >= 4 is 35.0 Å². The Morgan fingerprint density at radius 3 is 2.61 bits per heavy atom. The number of methoxy groups -OCH3 is 1. The molecule has 2 aromatic heterocycles. The number of rotatable bonds is 7. The Morgan fingerprint density at radius 2 is 1.85 bits per heavy atom. The highest BCUT2D eigenvalue weighted by atomic mass is 35.5. The van der Waals surface area contributed by atoms with Crippen LogP contribution in [0.1, 0.15) is 12.5 Å². The van der Waals surface area contributed by atoms with Crippen LogP contribution in [0.4, 0.5) is 5.69 Å². The number of pyridine rings is 1. The van der Waals surface area contributed by atoms with Crippen LogP contribution < -0.4 is 10.1 Å². The van der Waals surface area contributed by atoms with Gasteiger partial charge in [0.2, 0.25) is 5.91 Å². The number of halogens is 1. The summed E-state index contributed by atoms with van der Waals surface area (Å²) in [4.78, 5) is 17.0. The molecule has 2 heterocycles. The van der Waals surface area contributed by atoms with Gasteiger partial charge < -0.3 is 10.1 Å². The number of ether oxygens (including phenoxy) is 1. The summed E-state index contributed by atoms with van der Waals surface area (Å²) >= 11 is 7.72. The fourth-order valence-electron chi connectivity index (χ4n) is 3.28. The molecule has 1 atom stereocenters. The SMILES string of the molecule is COc1ccccc1NC(=O)[C@@H](C)Sc1nnc(-c2ccncc2)n1-c1cccc(Cl)c1C. The van der Waals surface area contributed by atoms with Gasteiger partial charge in [0, 0.05) is 23.0 Å². The Hall–Kier alpha value is -3.36. The van der Waals surface area contributed by atoms with Gasteiger partial charge in [0.1, 0.15) is 5.75 Å². The van der Waals surface area contributed by atoms with Crippen molar-refractivity contribution in [3.63, 3.8) is 0 Å². The highest BCUT2D eigenvalue weighted by Gasteiger charge is 2.23. The predicted octanol–water partition coefficient (Wildman–Crippen LogP) is 5.42. The fraction of sp³-hybridized carbons (Fsp3) is 0.167. The number of hydrogen-bond acceptors (Lipinski definition) is 6. The van der Waals surface area contributed by atoms with Crippen molar-refractivity contribution in [2.75, 3.05) is 12.4 Å². The van der Waals surface area contributed by atoms with Crippen LogP contribution in [0.3, 0.4) is 0 Å². The Labute approximate surface area is 201 Å². The van der Waals surface area contributed by atoms with Gasteiger partial charge in [0.15, 0.2) is 11.0 Å². The normalized spacial score (nSPS) is 11.8. The molecule has 0 aliphatic heterocycles. The van der Waals surface area contributed by atoms with Gasteiger partial charge in [0.25, 0.3) is 0 Å². The molecule has 7 nitrogen and oxygen atoms in total. The third-order valence-corrected chi connectivity index (χ3v) is 6.52. The number of nitrogens with zero attached hydrogens (tertiary/aromatic N) is 4. The van der Waals surface area contributed by atoms with Crippen molar-refractivity contribution in [1.82, 2.24) is 19.7 Å². The van der Waals surface area contributed by atoms with Crippen molar-refractivity contribution in [3.05, 3.63) is 77.6 Å². The fourth-order valence-corrected chi connectivity index (χ4v) is 4.31. The number of carbonyl (C=O) groups excluding carboxylic acids is 1. The minimum Gasteiger partial charge on any atom is -0.495 e. The minimum absolute atomic E-state index is 0.174. The number of nitrogens with one attached hydrogen (secondary N) is 1. The van der Waals surface area contributed by atoms with Gasteiger partial charge in [-0.25, -0.2) is 0 Å². The number of para-hydroxylation sites is 2. The summed E-state index contributed by atoms with van der Waals surface area (Å²) in [6, 6.07) is 16.7. The van der Waals surface area contributed by atoms with Gasteiger partial charge in [-0.3, -0.25) is 14.3 Å². The average Bonchev–Trinajstić information content (AvgIpc) is 3.25. The molecule has 0 aliphatic rings. The molecule has 2 aromatic carbocycles. The van der Waals surface area contributed by atoms with Crippen LogP contribution in [-0.4, -0.2) is 38.0 Å². The van der Waals surface area contributed by atoms with Crippen molar-refractivity contribution in [1.29, 1.82) is 0 Å². The lowest BCUT2D eigenvalue weighted by Crippen LogP contribution is -2.23. The smallest absolute Gasteiger partial charge is 0.237 e. The molecule has 0 unspecified atom stereocenters. The third kappa shape index (κ3) is 4.86. The maximum absolute atomic E-state index is 13.0. The van der Waals surface area contributed by atoms with Crippen LogP contribution in [0.25, 0.3) is 17.1 Å². The summed E-state index contributed by atoms with van der Waals surface area (Å²) in [5.41, 5.74) is 3.21. The van der Waals surface area contributed by atoms with Crippen molar-refractivity contribution in [2.45, 2.75) is 24.3 Å². The number of aromatic nitrogens is 4. The Morgan fingerprint density at radius 1 is 1.09 bits per heavy atom. The molecule has 4 aromatic rings. The lowest BCUT2D eigenvalue weighted by atomic mass is 10.2. The molecule has 0 fully saturated rings. The zero-order chi connectivity index (χ0) is 23.4. The zero-order valence-electron chi connectivity index (χ0n) is 18.3. The van der Waals surface area contributed by atoms with E-state index in [-0.39, 0.29) is 5.91 Å². The van der Waals surface area contributed by atoms with Crippen molar-refractivity contribution < 1.29 is 9.53 Å². The molecule has 4 rings (SSSR count). The first kappa shape index (κ1) is 22.8. The largest absolute Gasteiger partial charge is 0.495 e. The summed E-state index contributed by atoms with van der Waals surface area (Å²) in [5.74, 6) is 1.07. The highest BCUT2D eigenvalue weighted by Crippen LogP contribution is 2.33. The Bertz CT molecular complexity index is 1280. The molecule has 33 heavy (non-hydrogen) atoms. The monoisotopic (exact) mass is 479 g/mol. The molecule has 0 radical (unpaired) electrons. The number of thioether (sulfide) groups is 1. The van der Waals surface area contributed by atoms with E-state index in [0.717, 1.165) is 16.8 Å². The molecule has 0 saturated heterocycles. The van der Waals surface area contributed by atoms with E-state index in [4.69, 9.17) is 16.3 Å². The summed E-state index contributed by atoms with van der Waals surface area (Å²) < 4.78 is 7.26. The van der Waals surface area contributed by atoms with Gasteiger partial charge in [-0.15, -0.1) is 10.2 Å². The Kier molecular flexibility index (Phi) is 6.96. The molecule has 1 amide bonds. The van der Waals surface area contributed by atoms with Crippen LogP contribution in [0, 0.1) is 6.92 Å². The standard InChI is InChI=1S/C24H22ClN5O2S/c1-15-18(25)7-6-9-20(15)30-22(17-11-13-26-14-12-17)28-29-24(30)33-16(2)23(31)27-19-8-4-5-10-21(19)32-3/h4-14,16H,1-3H3,(H,27,31)/t16-/m1/s1. The molecule has 0 spiro atoms. The number of carbonyl (C=O) groups is 1. The highest BCUT2D eigenvalue weighted by molar-refractivity contribution is 8.00. The zero-order valence-corrected chi connectivity index (χ0v) is 19.9. The second-order valence-electron chi connectivity index (χ2n) is 7.21. The van der Waals surface area contributed by atoms with E-state index >= 15 is 0 Å². The van der Waals surface area contributed by atoms with E-state index in [1.165, 1.54) is 11.8 Å². The first-order valence-corrected chi connectivity index (χ1v) is 11.5. The number of benzene rings is 2. The van der Waals surface area contributed by atoms with Gasteiger partial charge in [-0.2, -0.15) is 0 Å². The van der Waals surface area contributed by atoms with Crippen LogP contribution >= 0.6 is 23.4 Å². The number of hydrogen-bond donors (Lipinski definition) is 1. The minimum atomic E-state index is -0.456. The van der Waals surface area contributed by atoms with Crippen molar-refractivity contribution in [3.8, 4) is 22.8 Å². The summed E-state index contributed by atoms with van der Waals surface area (Å²) in [7, 11) is 1.57. The van der Waals surface area contributed by atoms with Gasteiger partial charge in [-0.05, 0) is 55.8 Å². The maximum Gasteiger partial charge on any atom is 0.237 e. The van der Waals surface area contributed by atoms with Crippen LogP contribution in [0.5, 0.6) is 5.75 Å². The maximum atomic E-state index is 13.0. The van der Waals surface area contributed by atoms with E-state index in [1.54, 1.807) is 31.6 Å². The lowest BCUT2D eigenvalue weighted by molar-refractivity contribution is -0.115. The molecular weight excluding hydrogens is 458 g/mol. The average molecular weight is 480 g/mol. The second-order valence-corrected chi connectivity index (χ2v) is 8.93. The summed E-state index contributed by atoms with van der Waals surface area (Å²) in [5, 5.41) is 12.5. The van der Waals surface area contributed by atoms with Gasteiger partial charge in [0.05, 0.1) is 23.7 Å².